The number of hydrogen-bond donors (Lipinski definition) is 1. The molecule has 0 amide bonds. The Kier molecular flexibility index (Phi) is 4.71. The van der Waals surface area contributed by atoms with Crippen LogP contribution in [0.5, 0.6) is 5.75 Å². The third-order valence-corrected chi connectivity index (χ3v) is 3.49. The van der Waals surface area contributed by atoms with Gasteiger partial charge in [-0.2, -0.15) is 0 Å². The highest BCUT2D eigenvalue weighted by Crippen LogP contribution is 2.24. The summed E-state index contributed by atoms with van der Waals surface area (Å²) in [4.78, 5) is 9.22. The van der Waals surface area contributed by atoms with E-state index in [0.717, 1.165) is 28.3 Å². The Morgan fingerprint density at radius 2 is 1.74 bits per heavy atom. The third kappa shape index (κ3) is 3.59. The first-order chi connectivity index (χ1) is 11.3. The predicted molar refractivity (Wildman–Crippen MR) is 86.4 cm³/mol. The van der Waals surface area contributed by atoms with Crippen LogP contribution < -0.4 is 10.6 Å². The molecule has 118 valence electrons. The molecule has 0 fully saturated rings. The molecule has 0 radical (unpaired) electrons. The van der Waals surface area contributed by atoms with E-state index in [1.54, 1.807) is 0 Å². The van der Waals surface area contributed by atoms with E-state index >= 15 is 0 Å². The van der Waals surface area contributed by atoms with Gasteiger partial charge in [0.1, 0.15) is 23.8 Å². The summed E-state index contributed by atoms with van der Waals surface area (Å²) >= 11 is 0. The molecule has 0 unspecified atom stereocenters. The van der Waals surface area contributed by atoms with Gasteiger partial charge in [-0.3, -0.25) is 4.84 Å². The van der Waals surface area contributed by atoms with Gasteiger partial charge in [0.25, 0.3) is 0 Å². The van der Waals surface area contributed by atoms with Crippen molar-refractivity contribution in [1.29, 1.82) is 0 Å². The lowest BCUT2D eigenvalue weighted by atomic mass is 10.2. The summed E-state index contributed by atoms with van der Waals surface area (Å²) in [6, 6.07) is 17.4. The molecule has 23 heavy (non-hydrogen) atoms. The van der Waals surface area contributed by atoms with Crippen LogP contribution in [0.1, 0.15) is 17.0 Å². The van der Waals surface area contributed by atoms with Gasteiger partial charge in [0.05, 0.1) is 6.61 Å². The highest BCUT2D eigenvalue weighted by molar-refractivity contribution is 5.53. The fraction of sp³-hybridized carbons (Fsp3) is 0.167. The molecule has 2 N–H and O–H groups in total. The van der Waals surface area contributed by atoms with E-state index in [1.807, 2.05) is 61.5 Å². The highest BCUT2D eigenvalue weighted by Gasteiger charge is 2.12. The van der Waals surface area contributed by atoms with Gasteiger partial charge in [0.2, 0.25) is 5.89 Å². The number of aromatic nitrogens is 1. The molecule has 3 rings (SSSR count). The number of oxazole rings is 1. The lowest BCUT2D eigenvalue weighted by molar-refractivity contribution is 0.121. The van der Waals surface area contributed by atoms with Gasteiger partial charge in [-0.25, -0.2) is 10.9 Å². The van der Waals surface area contributed by atoms with Crippen molar-refractivity contribution in [3.05, 3.63) is 71.6 Å². The fourth-order valence-corrected chi connectivity index (χ4v) is 2.27. The molecule has 0 bridgehead atoms. The molecule has 2 aromatic carbocycles. The van der Waals surface area contributed by atoms with Crippen LogP contribution in [0.3, 0.4) is 0 Å². The van der Waals surface area contributed by atoms with Gasteiger partial charge in [-0.15, -0.1) is 0 Å². The minimum atomic E-state index is 0.295. The zero-order chi connectivity index (χ0) is 16.1. The van der Waals surface area contributed by atoms with Gasteiger partial charge in [-0.05, 0) is 25.1 Å². The Morgan fingerprint density at radius 1 is 1.00 bits per heavy atom. The maximum atomic E-state index is 5.85. The van der Waals surface area contributed by atoms with Crippen LogP contribution in [0.25, 0.3) is 11.5 Å². The molecule has 1 heterocycles. The number of ether oxygens (including phenoxy) is 1. The largest absolute Gasteiger partial charge is 0.487 e. The van der Waals surface area contributed by atoms with E-state index in [2.05, 4.69) is 4.98 Å². The number of hydrogen-bond acceptors (Lipinski definition) is 5. The van der Waals surface area contributed by atoms with Crippen molar-refractivity contribution in [2.45, 2.75) is 20.1 Å². The van der Waals surface area contributed by atoms with Crippen LogP contribution in [-0.2, 0) is 18.1 Å². The van der Waals surface area contributed by atoms with Gasteiger partial charge < -0.3 is 9.15 Å². The molecule has 0 spiro atoms. The lowest BCUT2D eigenvalue weighted by Crippen LogP contribution is -2.03. The van der Waals surface area contributed by atoms with E-state index < -0.39 is 0 Å². The molecule has 0 aliphatic rings. The molecule has 0 aliphatic heterocycles. The average Bonchev–Trinajstić information content (AvgIpc) is 2.96. The van der Waals surface area contributed by atoms with Crippen molar-refractivity contribution in [3.63, 3.8) is 0 Å². The second-order valence-corrected chi connectivity index (χ2v) is 5.10. The minimum Gasteiger partial charge on any atom is -0.487 e. The summed E-state index contributed by atoms with van der Waals surface area (Å²) in [5.74, 6) is 7.21. The molecule has 5 heteroatoms. The SMILES string of the molecule is Cc1oc(-c2ccccc2)nc1COc1ccccc1CON. The van der Waals surface area contributed by atoms with E-state index in [4.69, 9.17) is 19.9 Å². The Labute approximate surface area is 134 Å². The predicted octanol–water partition coefficient (Wildman–Crippen LogP) is 3.62. The summed E-state index contributed by atoms with van der Waals surface area (Å²) in [5.41, 5.74) is 2.60. The molecular formula is C18H18N2O3. The molecule has 0 saturated carbocycles. The summed E-state index contributed by atoms with van der Waals surface area (Å²) in [6.07, 6.45) is 0. The Bertz CT molecular complexity index is 769. The first kappa shape index (κ1) is 15.3. The van der Waals surface area contributed by atoms with Crippen LogP contribution in [0.4, 0.5) is 0 Å². The van der Waals surface area contributed by atoms with E-state index in [1.165, 1.54) is 0 Å². The van der Waals surface area contributed by atoms with Crippen LogP contribution in [-0.4, -0.2) is 4.98 Å². The van der Waals surface area contributed by atoms with Crippen LogP contribution in [0.2, 0.25) is 0 Å². The maximum absolute atomic E-state index is 5.85. The second-order valence-electron chi connectivity index (χ2n) is 5.10. The Morgan fingerprint density at radius 3 is 2.52 bits per heavy atom. The average molecular weight is 310 g/mol. The van der Waals surface area contributed by atoms with Gasteiger partial charge in [0, 0.05) is 11.1 Å². The van der Waals surface area contributed by atoms with Crippen molar-refractivity contribution >= 4 is 0 Å². The number of nitrogens with two attached hydrogens (primary N) is 1. The van der Waals surface area contributed by atoms with Crippen molar-refractivity contribution in [3.8, 4) is 17.2 Å². The number of para-hydroxylation sites is 1. The molecule has 0 atom stereocenters. The lowest BCUT2D eigenvalue weighted by Gasteiger charge is -2.09. The van der Waals surface area contributed by atoms with Gasteiger partial charge in [0.15, 0.2) is 0 Å². The summed E-state index contributed by atoms with van der Waals surface area (Å²) in [6.45, 7) is 2.50. The number of aryl methyl sites for hydroxylation is 1. The van der Waals surface area contributed by atoms with Crippen LogP contribution in [0.15, 0.2) is 59.0 Å². The number of rotatable bonds is 6. The molecule has 1 aromatic heterocycles. The van der Waals surface area contributed by atoms with E-state index in [0.29, 0.717) is 19.1 Å². The van der Waals surface area contributed by atoms with E-state index in [-0.39, 0.29) is 0 Å². The maximum Gasteiger partial charge on any atom is 0.226 e. The summed E-state index contributed by atoms with van der Waals surface area (Å²) in [5, 5.41) is 0. The third-order valence-electron chi connectivity index (χ3n) is 3.49. The van der Waals surface area contributed by atoms with E-state index in [9.17, 15) is 0 Å². The number of benzene rings is 2. The Balaban J connectivity index is 1.76. The summed E-state index contributed by atoms with van der Waals surface area (Å²) in [7, 11) is 0. The zero-order valence-electron chi connectivity index (χ0n) is 12.9. The normalized spacial score (nSPS) is 10.7. The monoisotopic (exact) mass is 310 g/mol. The van der Waals surface area contributed by atoms with Crippen molar-refractivity contribution in [2.75, 3.05) is 0 Å². The smallest absolute Gasteiger partial charge is 0.226 e. The van der Waals surface area contributed by atoms with Crippen molar-refractivity contribution < 1.29 is 14.0 Å². The van der Waals surface area contributed by atoms with Crippen molar-refractivity contribution in [2.24, 2.45) is 5.90 Å². The van der Waals surface area contributed by atoms with Crippen LogP contribution in [0, 0.1) is 6.92 Å². The first-order valence-electron chi connectivity index (χ1n) is 7.32. The standard InChI is InChI=1S/C18H18N2O3/c1-13-16(20-18(23-13)14-7-3-2-4-8-14)12-21-17-10-6-5-9-15(17)11-22-19/h2-10H,11-12,19H2,1H3. The molecule has 0 aliphatic carbocycles. The highest BCUT2D eigenvalue weighted by atomic mass is 16.6. The Hall–Kier alpha value is -2.63. The topological polar surface area (TPSA) is 70.5 Å². The van der Waals surface area contributed by atoms with Gasteiger partial charge >= 0.3 is 0 Å². The zero-order valence-corrected chi connectivity index (χ0v) is 12.9. The molecule has 0 saturated heterocycles. The number of nitrogens with zero attached hydrogens (tertiary/aromatic N) is 1. The molecular weight excluding hydrogens is 292 g/mol. The quantitative estimate of drug-likeness (QED) is 0.704. The first-order valence-corrected chi connectivity index (χ1v) is 7.32. The molecule has 3 aromatic rings. The molecule has 5 nitrogen and oxygen atoms in total. The van der Waals surface area contributed by atoms with Gasteiger partial charge in [-0.1, -0.05) is 36.4 Å². The van der Waals surface area contributed by atoms with Crippen LogP contribution >= 0.6 is 0 Å². The van der Waals surface area contributed by atoms with Crippen molar-refractivity contribution in [1.82, 2.24) is 4.98 Å². The minimum absolute atomic E-state index is 0.295. The fourth-order valence-electron chi connectivity index (χ4n) is 2.27. The summed E-state index contributed by atoms with van der Waals surface area (Å²) < 4.78 is 11.6. The second kappa shape index (κ2) is 7.09.